The second-order valence-electron chi connectivity index (χ2n) is 6.43. The number of rotatable bonds is 3. The minimum atomic E-state index is -0.0441. The Morgan fingerprint density at radius 1 is 0.960 bits per heavy atom. The number of aromatic nitrogens is 1. The topological polar surface area (TPSA) is 51.4 Å². The molecule has 0 aliphatic carbocycles. The standard InChI is InChI=1S/C20H22N4O/c1-15-19(17-9-5-6-10-18(17)21-15)23-11-13-24(14-12-23)22-20(25)16-7-3-2-4-8-16/h2-10,21H,11-14H2,1H3,(H,22,25). The van der Waals surface area contributed by atoms with Crippen LogP contribution < -0.4 is 10.3 Å². The molecule has 0 unspecified atom stereocenters. The Bertz CT molecular complexity index is 879. The number of piperazine rings is 1. The molecule has 0 radical (unpaired) electrons. The molecule has 5 nitrogen and oxygen atoms in total. The van der Waals surface area contributed by atoms with Crippen molar-refractivity contribution in [3.05, 3.63) is 65.9 Å². The Morgan fingerprint density at radius 3 is 2.40 bits per heavy atom. The summed E-state index contributed by atoms with van der Waals surface area (Å²) in [5.74, 6) is -0.0441. The van der Waals surface area contributed by atoms with Gasteiger partial charge in [-0.3, -0.25) is 10.2 Å². The summed E-state index contributed by atoms with van der Waals surface area (Å²) in [6.07, 6.45) is 0. The van der Waals surface area contributed by atoms with Crippen LogP contribution in [-0.2, 0) is 0 Å². The Kier molecular flexibility index (Phi) is 4.15. The van der Waals surface area contributed by atoms with Crippen molar-refractivity contribution < 1.29 is 4.79 Å². The third-order valence-electron chi connectivity index (χ3n) is 4.75. The second kappa shape index (κ2) is 6.61. The van der Waals surface area contributed by atoms with E-state index in [4.69, 9.17) is 0 Å². The molecule has 0 saturated carbocycles. The third kappa shape index (κ3) is 3.10. The molecule has 5 heteroatoms. The molecular weight excluding hydrogens is 312 g/mol. The first kappa shape index (κ1) is 15.7. The molecule has 2 aromatic carbocycles. The van der Waals surface area contributed by atoms with E-state index in [-0.39, 0.29) is 5.91 Å². The van der Waals surface area contributed by atoms with Crippen molar-refractivity contribution in [2.75, 3.05) is 31.1 Å². The van der Waals surface area contributed by atoms with E-state index >= 15 is 0 Å². The second-order valence-corrected chi connectivity index (χ2v) is 6.43. The Morgan fingerprint density at radius 2 is 1.64 bits per heavy atom. The summed E-state index contributed by atoms with van der Waals surface area (Å²) in [6.45, 7) is 5.50. The van der Waals surface area contributed by atoms with E-state index in [0.29, 0.717) is 5.56 Å². The van der Waals surface area contributed by atoms with Crippen LogP contribution in [0.4, 0.5) is 5.69 Å². The molecule has 2 N–H and O–H groups in total. The first-order valence-electron chi connectivity index (χ1n) is 8.65. The maximum absolute atomic E-state index is 12.3. The Labute approximate surface area is 147 Å². The van der Waals surface area contributed by atoms with Crippen LogP contribution in [0.25, 0.3) is 10.9 Å². The zero-order chi connectivity index (χ0) is 17.2. The van der Waals surface area contributed by atoms with Crippen LogP contribution in [0.3, 0.4) is 0 Å². The molecule has 0 atom stereocenters. The normalized spacial score (nSPS) is 15.5. The van der Waals surface area contributed by atoms with Crippen molar-refractivity contribution in [1.82, 2.24) is 15.4 Å². The minimum absolute atomic E-state index is 0.0441. The van der Waals surface area contributed by atoms with Crippen molar-refractivity contribution in [1.29, 1.82) is 0 Å². The van der Waals surface area contributed by atoms with Gasteiger partial charge < -0.3 is 9.88 Å². The van der Waals surface area contributed by atoms with Gasteiger partial charge in [0.2, 0.25) is 0 Å². The summed E-state index contributed by atoms with van der Waals surface area (Å²) in [5, 5.41) is 3.28. The summed E-state index contributed by atoms with van der Waals surface area (Å²) < 4.78 is 0. The molecule has 25 heavy (non-hydrogen) atoms. The number of hydrogen-bond donors (Lipinski definition) is 2. The Balaban J connectivity index is 1.43. The molecule has 1 fully saturated rings. The molecule has 4 rings (SSSR count). The van der Waals surface area contributed by atoms with Crippen LogP contribution in [0.1, 0.15) is 16.1 Å². The van der Waals surface area contributed by atoms with Crippen LogP contribution >= 0.6 is 0 Å². The molecule has 1 aliphatic rings. The number of amides is 1. The van der Waals surface area contributed by atoms with Gasteiger partial charge in [-0.2, -0.15) is 0 Å². The highest BCUT2D eigenvalue weighted by molar-refractivity contribution is 5.95. The third-order valence-corrected chi connectivity index (χ3v) is 4.75. The van der Waals surface area contributed by atoms with E-state index in [1.807, 2.05) is 35.3 Å². The molecule has 1 saturated heterocycles. The molecule has 2 heterocycles. The minimum Gasteiger partial charge on any atom is -0.367 e. The van der Waals surface area contributed by atoms with Crippen LogP contribution in [0.2, 0.25) is 0 Å². The average molecular weight is 334 g/mol. The van der Waals surface area contributed by atoms with Gasteiger partial charge in [-0.1, -0.05) is 36.4 Å². The zero-order valence-corrected chi connectivity index (χ0v) is 14.3. The molecule has 1 aliphatic heterocycles. The van der Waals surface area contributed by atoms with Gasteiger partial charge >= 0.3 is 0 Å². The number of carbonyl (C=O) groups is 1. The number of hydrazine groups is 1. The van der Waals surface area contributed by atoms with E-state index < -0.39 is 0 Å². The van der Waals surface area contributed by atoms with Crippen molar-refractivity contribution >= 4 is 22.5 Å². The largest absolute Gasteiger partial charge is 0.367 e. The van der Waals surface area contributed by atoms with Gasteiger partial charge in [0.05, 0.1) is 5.69 Å². The van der Waals surface area contributed by atoms with Gasteiger partial charge in [0.25, 0.3) is 5.91 Å². The van der Waals surface area contributed by atoms with E-state index in [1.165, 1.54) is 22.3 Å². The highest BCUT2D eigenvalue weighted by atomic mass is 16.2. The van der Waals surface area contributed by atoms with Crippen molar-refractivity contribution in [3.63, 3.8) is 0 Å². The van der Waals surface area contributed by atoms with Crippen LogP contribution in [0, 0.1) is 6.92 Å². The summed E-state index contributed by atoms with van der Waals surface area (Å²) in [6, 6.07) is 17.8. The monoisotopic (exact) mass is 334 g/mol. The van der Waals surface area contributed by atoms with Gasteiger partial charge in [-0.25, -0.2) is 5.01 Å². The van der Waals surface area contributed by atoms with E-state index in [1.54, 1.807) is 0 Å². The highest BCUT2D eigenvalue weighted by Gasteiger charge is 2.22. The van der Waals surface area contributed by atoms with E-state index in [9.17, 15) is 4.79 Å². The Hall–Kier alpha value is -2.79. The SMILES string of the molecule is Cc1[nH]c2ccccc2c1N1CCN(NC(=O)c2ccccc2)CC1. The average Bonchev–Trinajstić information content (AvgIpc) is 2.99. The smallest absolute Gasteiger partial charge is 0.265 e. The highest BCUT2D eigenvalue weighted by Crippen LogP contribution is 2.31. The molecule has 0 bridgehead atoms. The fourth-order valence-electron chi connectivity index (χ4n) is 3.51. The summed E-state index contributed by atoms with van der Waals surface area (Å²) in [7, 11) is 0. The number of fused-ring (bicyclic) bond motifs is 1. The van der Waals surface area contributed by atoms with E-state index in [2.05, 4.69) is 46.5 Å². The number of benzene rings is 2. The van der Waals surface area contributed by atoms with Crippen molar-refractivity contribution in [2.24, 2.45) is 0 Å². The molecule has 3 aromatic rings. The first-order valence-corrected chi connectivity index (χ1v) is 8.65. The molecular formula is C20H22N4O. The number of aryl methyl sites for hydroxylation is 1. The predicted molar refractivity (Wildman–Crippen MR) is 101 cm³/mol. The summed E-state index contributed by atoms with van der Waals surface area (Å²) >= 11 is 0. The summed E-state index contributed by atoms with van der Waals surface area (Å²) in [5.41, 5.74) is 7.36. The quantitative estimate of drug-likeness (QED) is 0.774. The van der Waals surface area contributed by atoms with Crippen molar-refractivity contribution in [3.8, 4) is 0 Å². The lowest BCUT2D eigenvalue weighted by molar-refractivity contribution is 0.0777. The van der Waals surface area contributed by atoms with Crippen molar-refractivity contribution in [2.45, 2.75) is 6.92 Å². The fourth-order valence-corrected chi connectivity index (χ4v) is 3.51. The molecule has 0 spiro atoms. The van der Waals surface area contributed by atoms with Gasteiger partial charge in [0.15, 0.2) is 0 Å². The lowest BCUT2D eigenvalue weighted by Gasteiger charge is -2.36. The number of nitrogens with zero attached hydrogens (tertiary/aromatic N) is 2. The number of hydrogen-bond acceptors (Lipinski definition) is 3. The maximum Gasteiger partial charge on any atom is 0.265 e. The van der Waals surface area contributed by atoms with E-state index in [0.717, 1.165) is 26.2 Å². The van der Waals surface area contributed by atoms with Crippen LogP contribution in [-0.4, -0.2) is 42.1 Å². The molecule has 1 aromatic heterocycles. The first-order chi connectivity index (χ1) is 12.2. The number of H-pyrrole nitrogens is 1. The zero-order valence-electron chi connectivity index (χ0n) is 14.3. The summed E-state index contributed by atoms with van der Waals surface area (Å²) in [4.78, 5) is 18.1. The number of carbonyl (C=O) groups excluding carboxylic acids is 1. The lowest BCUT2D eigenvalue weighted by Crippen LogP contribution is -2.53. The predicted octanol–water partition coefficient (Wildman–Crippen LogP) is 2.94. The van der Waals surface area contributed by atoms with Gasteiger partial charge in [0.1, 0.15) is 0 Å². The molecule has 1 amide bonds. The van der Waals surface area contributed by atoms with Crippen LogP contribution in [0.15, 0.2) is 54.6 Å². The van der Waals surface area contributed by atoms with Gasteiger partial charge in [0, 0.05) is 48.3 Å². The van der Waals surface area contributed by atoms with Crippen LogP contribution in [0.5, 0.6) is 0 Å². The maximum atomic E-state index is 12.3. The fraction of sp³-hybridized carbons (Fsp3) is 0.250. The number of para-hydroxylation sites is 1. The van der Waals surface area contributed by atoms with Gasteiger partial charge in [-0.05, 0) is 25.1 Å². The number of nitrogens with one attached hydrogen (secondary N) is 2. The number of aromatic amines is 1. The molecule has 128 valence electrons. The lowest BCUT2D eigenvalue weighted by atomic mass is 10.2. The number of anilines is 1. The van der Waals surface area contributed by atoms with Gasteiger partial charge in [-0.15, -0.1) is 0 Å².